The van der Waals surface area contributed by atoms with E-state index in [0.717, 1.165) is 0 Å². The van der Waals surface area contributed by atoms with Crippen molar-refractivity contribution in [2.45, 2.75) is 11.6 Å². The number of anilines is 2. The number of nitrogens with one attached hydrogen (secondary N) is 2. The zero-order valence-electron chi connectivity index (χ0n) is 16.4. The van der Waals surface area contributed by atoms with Gasteiger partial charge >= 0.3 is 0 Å². The number of thioether (sulfide) groups is 1. The van der Waals surface area contributed by atoms with Gasteiger partial charge in [-0.05, 0) is 24.3 Å². The number of nitrogens with zero attached hydrogens (tertiary/aromatic N) is 3. The number of carbonyl (C=O) groups is 2. The Morgan fingerprint density at radius 3 is 2.67 bits per heavy atom. The van der Waals surface area contributed by atoms with E-state index in [9.17, 15) is 9.59 Å². The summed E-state index contributed by atoms with van der Waals surface area (Å²) >= 11 is 7.29. The number of rotatable bonds is 8. The Kier molecular flexibility index (Phi) is 7.31. The van der Waals surface area contributed by atoms with E-state index in [1.54, 1.807) is 67.3 Å². The Bertz CT molecular complexity index is 1060. The highest BCUT2D eigenvalue weighted by atomic mass is 35.5. The first-order chi connectivity index (χ1) is 14.5. The first-order valence-electron chi connectivity index (χ1n) is 8.95. The Labute approximate surface area is 183 Å². The summed E-state index contributed by atoms with van der Waals surface area (Å²) < 4.78 is 6.83. The van der Waals surface area contributed by atoms with Crippen molar-refractivity contribution >= 4 is 46.6 Å². The van der Waals surface area contributed by atoms with Gasteiger partial charge in [0.25, 0.3) is 0 Å². The number of para-hydroxylation sites is 1. The molecule has 0 spiro atoms. The molecular formula is C20H20ClN5O3S. The monoisotopic (exact) mass is 445 g/mol. The molecule has 10 heteroatoms. The quantitative estimate of drug-likeness (QED) is 0.516. The van der Waals surface area contributed by atoms with Gasteiger partial charge in [0.15, 0.2) is 5.16 Å². The summed E-state index contributed by atoms with van der Waals surface area (Å²) in [4.78, 5) is 24.5. The lowest BCUT2D eigenvalue weighted by molar-refractivity contribution is -0.116. The first-order valence-corrected chi connectivity index (χ1v) is 10.3. The van der Waals surface area contributed by atoms with Crippen LogP contribution in [0.2, 0.25) is 5.02 Å². The zero-order valence-corrected chi connectivity index (χ0v) is 18.0. The second-order valence-electron chi connectivity index (χ2n) is 6.23. The normalized spacial score (nSPS) is 10.5. The minimum Gasteiger partial charge on any atom is -0.497 e. The summed E-state index contributed by atoms with van der Waals surface area (Å²) in [5.74, 6) is 0.846. The van der Waals surface area contributed by atoms with Gasteiger partial charge in [-0.25, -0.2) is 0 Å². The Balaban J connectivity index is 1.54. The topological polar surface area (TPSA) is 98.1 Å². The third kappa shape index (κ3) is 5.74. The molecule has 0 bridgehead atoms. The lowest BCUT2D eigenvalue weighted by Crippen LogP contribution is -2.17. The van der Waals surface area contributed by atoms with E-state index in [1.165, 1.54) is 11.8 Å². The Morgan fingerprint density at radius 2 is 1.90 bits per heavy atom. The molecule has 0 saturated carbocycles. The molecule has 0 radical (unpaired) electrons. The number of hydrogen-bond donors (Lipinski definition) is 2. The largest absolute Gasteiger partial charge is 0.497 e. The molecule has 0 atom stereocenters. The maximum Gasteiger partial charge on any atom is 0.234 e. The molecule has 2 amide bonds. The fraction of sp³-hybridized carbons (Fsp3) is 0.200. The summed E-state index contributed by atoms with van der Waals surface area (Å²) in [6, 6.07) is 14.1. The van der Waals surface area contributed by atoms with Crippen LogP contribution in [0.15, 0.2) is 53.7 Å². The van der Waals surface area contributed by atoms with E-state index in [4.69, 9.17) is 16.3 Å². The summed E-state index contributed by atoms with van der Waals surface area (Å²) in [5, 5.41) is 14.7. The van der Waals surface area contributed by atoms with E-state index in [-0.39, 0.29) is 24.0 Å². The van der Waals surface area contributed by atoms with E-state index in [2.05, 4.69) is 20.8 Å². The van der Waals surface area contributed by atoms with Gasteiger partial charge in [0.2, 0.25) is 11.8 Å². The molecule has 0 aliphatic heterocycles. The van der Waals surface area contributed by atoms with Gasteiger partial charge in [-0.1, -0.05) is 41.6 Å². The molecule has 8 nitrogen and oxygen atoms in total. The number of halogens is 1. The molecule has 3 aromatic rings. The molecule has 0 aliphatic carbocycles. The first kappa shape index (κ1) is 21.7. The number of hydrogen-bond acceptors (Lipinski definition) is 6. The van der Waals surface area contributed by atoms with Gasteiger partial charge in [-0.3, -0.25) is 9.59 Å². The molecule has 30 heavy (non-hydrogen) atoms. The number of aromatic nitrogens is 3. The minimum absolute atomic E-state index is 0.0330. The second-order valence-corrected chi connectivity index (χ2v) is 7.58. The summed E-state index contributed by atoms with van der Waals surface area (Å²) in [7, 11) is 3.32. The molecule has 3 rings (SSSR count). The molecule has 0 fully saturated rings. The predicted molar refractivity (Wildman–Crippen MR) is 117 cm³/mol. The molecule has 156 valence electrons. The molecule has 0 aliphatic rings. The Morgan fingerprint density at radius 1 is 1.10 bits per heavy atom. The van der Waals surface area contributed by atoms with Crippen molar-refractivity contribution in [2.75, 3.05) is 23.5 Å². The third-order valence-electron chi connectivity index (χ3n) is 4.08. The van der Waals surface area contributed by atoms with Crippen LogP contribution in [0, 0.1) is 0 Å². The number of carbonyl (C=O) groups excluding carboxylic acids is 2. The average molecular weight is 446 g/mol. The highest BCUT2D eigenvalue weighted by Crippen LogP contribution is 2.21. The standard InChI is InChI=1S/C20H20ClN5O3S/c1-26-17(11-18(27)23-16-9-4-3-8-15(16)21)24-25-20(26)30-12-19(28)22-13-6-5-7-14(10-13)29-2/h3-10H,11-12H2,1-2H3,(H,22,28)(H,23,27). The fourth-order valence-corrected chi connectivity index (χ4v) is 3.47. The van der Waals surface area contributed by atoms with E-state index < -0.39 is 0 Å². The highest BCUT2D eigenvalue weighted by molar-refractivity contribution is 7.99. The van der Waals surface area contributed by atoms with E-state index in [0.29, 0.717) is 33.1 Å². The van der Waals surface area contributed by atoms with Gasteiger partial charge < -0.3 is 19.9 Å². The summed E-state index contributed by atoms with van der Waals surface area (Å²) in [6.07, 6.45) is 0.0330. The third-order valence-corrected chi connectivity index (χ3v) is 5.43. The van der Waals surface area contributed by atoms with Crippen LogP contribution in [0.4, 0.5) is 11.4 Å². The molecule has 0 saturated heterocycles. The number of benzene rings is 2. The molecule has 1 aromatic heterocycles. The van der Waals surface area contributed by atoms with Gasteiger partial charge in [0, 0.05) is 18.8 Å². The van der Waals surface area contributed by atoms with Crippen LogP contribution in [-0.2, 0) is 23.1 Å². The van der Waals surface area contributed by atoms with Crippen LogP contribution in [0.25, 0.3) is 0 Å². The van der Waals surface area contributed by atoms with Gasteiger partial charge in [-0.2, -0.15) is 0 Å². The van der Waals surface area contributed by atoms with Crippen LogP contribution in [0.3, 0.4) is 0 Å². The van der Waals surface area contributed by atoms with Gasteiger partial charge in [0.1, 0.15) is 11.6 Å². The number of methoxy groups -OCH3 is 1. The van der Waals surface area contributed by atoms with Crippen molar-refractivity contribution in [3.8, 4) is 5.75 Å². The summed E-state index contributed by atoms with van der Waals surface area (Å²) in [6.45, 7) is 0. The lowest BCUT2D eigenvalue weighted by atomic mass is 10.3. The maximum atomic E-state index is 12.3. The Hall–Kier alpha value is -3.04. The smallest absolute Gasteiger partial charge is 0.234 e. The van der Waals surface area contributed by atoms with Crippen LogP contribution in [0.5, 0.6) is 5.75 Å². The number of amides is 2. The molecule has 1 heterocycles. The van der Waals surface area contributed by atoms with Crippen molar-refractivity contribution in [3.63, 3.8) is 0 Å². The molecule has 0 unspecified atom stereocenters. The van der Waals surface area contributed by atoms with Crippen molar-refractivity contribution in [3.05, 3.63) is 59.4 Å². The molecule has 2 aromatic carbocycles. The zero-order chi connectivity index (χ0) is 21.5. The van der Waals surface area contributed by atoms with Crippen molar-refractivity contribution < 1.29 is 14.3 Å². The van der Waals surface area contributed by atoms with Crippen LogP contribution in [-0.4, -0.2) is 39.4 Å². The SMILES string of the molecule is COc1cccc(NC(=O)CSc2nnc(CC(=O)Nc3ccccc3Cl)n2C)c1. The van der Waals surface area contributed by atoms with E-state index >= 15 is 0 Å². The predicted octanol–water partition coefficient (Wildman–Crippen LogP) is 3.39. The molecule has 2 N–H and O–H groups in total. The van der Waals surface area contributed by atoms with Crippen LogP contribution >= 0.6 is 23.4 Å². The average Bonchev–Trinajstić information content (AvgIpc) is 3.07. The second kappa shape index (κ2) is 10.1. The van der Waals surface area contributed by atoms with E-state index in [1.807, 2.05) is 0 Å². The van der Waals surface area contributed by atoms with Crippen molar-refractivity contribution in [2.24, 2.45) is 7.05 Å². The van der Waals surface area contributed by atoms with Crippen LogP contribution < -0.4 is 15.4 Å². The summed E-state index contributed by atoms with van der Waals surface area (Å²) in [5.41, 5.74) is 1.19. The minimum atomic E-state index is -0.258. The number of ether oxygens (including phenoxy) is 1. The maximum absolute atomic E-state index is 12.3. The molecular weight excluding hydrogens is 426 g/mol. The van der Waals surface area contributed by atoms with Gasteiger partial charge in [-0.15, -0.1) is 10.2 Å². The van der Waals surface area contributed by atoms with Crippen LogP contribution in [0.1, 0.15) is 5.82 Å². The lowest BCUT2D eigenvalue weighted by Gasteiger charge is -2.08. The van der Waals surface area contributed by atoms with Crippen molar-refractivity contribution in [1.82, 2.24) is 14.8 Å². The van der Waals surface area contributed by atoms with Crippen molar-refractivity contribution in [1.29, 1.82) is 0 Å². The fourth-order valence-electron chi connectivity index (χ4n) is 2.55. The highest BCUT2D eigenvalue weighted by Gasteiger charge is 2.15. The van der Waals surface area contributed by atoms with Gasteiger partial charge in [0.05, 0.1) is 30.0 Å².